The molecule has 0 aliphatic heterocycles. The molecule has 0 saturated heterocycles. The van der Waals surface area contributed by atoms with Gasteiger partial charge in [-0.3, -0.25) is 9.59 Å². The van der Waals surface area contributed by atoms with E-state index in [0.717, 1.165) is 35.2 Å². The Morgan fingerprint density at radius 3 is 2.17 bits per heavy atom. The molecule has 1 atom stereocenters. The van der Waals surface area contributed by atoms with Gasteiger partial charge in [-0.05, 0) is 60.0 Å². The maximum absolute atomic E-state index is 14.0. The van der Waals surface area contributed by atoms with Crippen LogP contribution in [0, 0.1) is 5.82 Å². The number of benzene rings is 2. The number of hydrogen-bond donors (Lipinski definition) is 6. The lowest BCUT2D eigenvalue weighted by molar-refractivity contribution is -0.138. The first-order valence-electron chi connectivity index (χ1n) is 10.8. The van der Waals surface area contributed by atoms with Crippen molar-refractivity contribution < 1.29 is 47.2 Å². The summed E-state index contributed by atoms with van der Waals surface area (Å²) in [5, 5.41) is 37.2. The number of rotatable bonds is 11. The number of carbonyl (C=O) groups is 2. The average Bonchev–Trinajstić information content (AvgIpc) is 2.79. The van der Waals surface area contributed by atoms with Crippen LogP contribution in [-0.4, -0.2) is 63.6 Å². The largest absolute Gasteiger partial charge is 0.488 e. The number of carbonyl (C=O) groups excluding carboxylic acids is 2. The van der Waals surface area contributed by atoms with Crippen molar-refractivity contribution in [2.24, 2.45) is 11.5 Å². The third-order valence-electron chi connectivity index (χ3n) is 5.41. The molecule has 0 spiro atoms. The monoisotopic (exact) mass is 513 g/mol. The van der Waals surface area contributed by atoms with Crippen molar-refractivity contribution in [1.82, 2.24) is 4.90 Å². The summed E-state index contributed by atoms with van der Waals surface area (Å²) in [6.45, 7) is -0.718. The maximum atomic E-state index is 14.0. The van der Waals surface area contributed by atoms with Crippen LogP contribution in [0.4, 0.5) is 17.6 Å². The lowest BCUT2D eigenvalue weighted by Gasteiger charge is -2.25. The lowest BCUT2D eigenvalue weighted by Crippen LogP contribution is -2.37. The van der Waals surface area contributed by atoms with Gasteiger partial charge in [0.1, 0.15) is 5.82 Å². The van der Waals surface area contributed by atoms with E-state index in [9.17, 15) is 47.2 Å². The highest BCUT2D eigenvalue weighted by molar-refractivity contribution is 6.59. The Balaban J connectivity index is 2.41. The molecule has 0 bridgehead atoms. The lowest BCUT2D eigenvalue weighted by atomic mass is 9.78. The highest BCUT2D eigenvalue weighted by atomic mass is 19.4. The fourth-order valence-electron chi connectivity index (χ4n) is 3.49. The normalized spacial score (nSPS) is 12.2. The zero-order valence-corrected chi connectivity index (χ0v) is 19.0. The van der Waals surface area contributed by atoms with E-state index < -0.39 is 61.7 Å². The van der Waals surface area contributed by atoms with Crippen molar-refractivity contribution >= 4 is 37.0 Å². The van der Waals surface area contributed by atoms with Gasteiger partial charge in [-0.2, -0.15) is 13.2 Å². The Morgan fingerprint density at radius 1 is 0.972 bits per heavy atom. The maximum Gasteiger partial charge on any atom is 0.488 e. The molecule has 0 aliphatic carbocycles. The smallest absolute Gasteiger partial charge is 0.423 e. The van der Waals surface area contributed by atoms with Crippen LogP contribution in [0.15, 0.2) is 36.4 Å². The van der Waals surface area contributed by atoms with Gasteiger partial charge in [-0.25, -0.2) is 4.39 Å². The summed E-state index contributed by atoms with van der Waals surface area (Å²) in [7, 11) is -4.24. The molecule has 2 aromatic carbocycles. The van der Waals surface area contributed by atoms with Gasteiger partial charge in [0.15, 0.2) is 0 Å². The molecular formula is C21H25B2F4N3O6. The van der Waals surface area contributed by atoms with Gasteiger partial charge in [0, 0.05) is 18.7 Å². The first-order valence-corrected chi connectivity index (χ1v) is 10.8. The van der Waals surface area contributed by atoms with Crippen molar-refractivity contribution in [2.75, 3.05) is 6.54 Å². The van der Waals surface area contributed by atoms with Crippen LogP contribution in [-0.2, 0) is 17.5 Å². The predicted octanol–water partition coefficient (Wildman–Crippen LogP) is -1.17. The van der Waals surface area contributed by atoms with Crippen molar-refractivity contribution in [3.63, 3.8) is 0 Å². The van der Waals surface area contributed by atoms with E-state index in [2.05, 4.69) is 0 Å². The van der Waals surface area contributed by atoms with Crippen LogP contribution in [0.5, 0.6) is 0 Å². The third kappa shape index (κ3) is 8.03. The molecule has 0 saturated carbocycles. The number of primary amides is 1. The minimum absolute atomic E-state index is 0.125. The molecule has 36 heavy (non-hydrogen) atoms. The van der Waals surface area contributed by atoms with Crippen LogP contribution in [0.1, 0.15) is 40.7 Å². The summed E-state index contributed by atoms with van der Waals surface area (Å²) in [6.07, 6.45) is -4.24. The summed E-state index contributed by atoms with van der Waals surface area (Å²) in [6, 6.07) is 4.26. The van der Waals surface area contributed by atoms with Crippen molar-refractivity contribution in [1.29, 1.82) is 0 Å². The zero-order valence-electron chi connectivity index (χ0n) is 19.0. The number of halogens is 4. The van der Waals surface area contributed by atoms with Crippen molar-refractivity contribution in [2.45, 2.75) is 38.0 Å². The molecule has 0 aromatic heterocycles. The SMILES string of the molecule is NC(=O)[C@@H](N)CCCCN(Cc1ccc(B(O)O)cc1C(F)(F)F)C(=O)c1cc(F)cc(B(O)O)c1. The van der Waals surface area contributed by atoms with Crippen molar-refractivity contribution in [3.05, 3.63) is 58.9 Å². The van der Waals surface area contributed by atoms with Crippen LogP contribution in [0.2, 0.25) is 0 Å². The molecule has 2 amide bonds. The highest BCUT2D eigenvalue weighted by Crippen LogP contribution is 2.32. The molecule has 0 heterocycles. The summed E-state index contributed by atoms with van der Waals surface area (Å²) < 4.78 is 55.1. The number of nitrogens with two attached hydrogens (primary N) is 2. The molecule has 0 fully saturated rings. The molecule has 0 unspecified atom stereocenters. The molecular weight excluding hydrogens is 488 g/mol. The van der Waals surface area contributed by atoms with E-state index in [1.807, 2.05) is 0 Å². The molecule has 2 aromatic rings. The van der Waals surface area contributed by atoms with Gasteiger partial charge >= 0.3 is 20.4 Å². The Labute approximate surface area is 204 Å². The summed E-state index contributed by atoms with van der Waals surface area (Å²) >= 11 is 0. The fraction of sp³-hybridized carbons (Fsp3) is 0.333. The minimum Gasteiger partial charge on any atom is -0.423 e. The Hall–Kier alpha value is -2.97. The summed E-state index contributed by atoms with van der Waals surface area (Å²) in [5.41, 5.74) is 8.03. The number of alkyl halides is 3. The first-order chi connectivity index (χ1) is 16.7. The first kappa shape index (κ1) is 29.3. The number of amides is 2. The second-order valence-corrected chi connectivity index (χ2v) is 8.17. The van der Waals surface area contributed by atoms with Crippen LogP contribution >= 0.6 is 0 Å². The van der Waals surface area contributed by atoms with Crippen LogP contribution in [0.3, 0.4) is 0 Å². The standard InChI is InChI=1S/C21H25B2F4N3O6/c24-16-8-13(7-15(9-16)23(35)36)20(32)30(6-2-1-3-18(28)19(29)31)11-12-4-5-14(22(33)34)10-17(12)21(25,26)27/h4-5,7-10,18,33-36H,1-3,6,11,28H2,(H2,29,31)/t18-/m0/s1. The van der Waals surface area contributed by atoms with Gasteiger partial charge in [0.2, 0.25) is 5.91 Å². The van der Waals surface area contributed by atoms with Gasteiger partial charge in [-0.15, -0.1) is 0 Å². The fourth-order valence-corrected chi connectivity index (χ4v) is 3.49. The molecule has 2 rings (SSSR count). The average molecular weight is 513 g/mol. The highest BCUT2D eigenvalue weighted by Gasteiger charge is 2.35. The van der Waals surface area contributed by atoms with Gasteiger partial charge in [0.05, 0.1) is 11.6 Å². The summed E-state index contributed by atoms with van der Waals surface area (Å²) in [5.74, 6) is -2.60. The van der Waals surface area contributed by atoms with Gasteiger partial charge < -0.3 is 36.5 Å². The Morgan fingerprint density at radius 2 is 1.61 bits per heavy atom. The zero-order chi connectivity index (χ0) is 27.2. The van der Waals surface area contributed by atoms with E-state index in [-0.39, 0.29) is 36.0 Å². The number of nitrogens with zero attached hydrogens (tertiary/aromatic N) is 1. The number of hydrogen-bond acceptors (Lipinski definition) is 7. The summed E-state index contributed by atoms with van der Waals surface area (Å²) in [4.78, 5) is 25.3. The van der Waals surface area contributed by atoms with E-state index in [0.29, 0.717) is 12.5 Å². The third-order valence-corrected chi connectivity index (χ3v) is 5.41. The Kier molecular flexibility index (Phi) is 10.0. The molecule has 15 heteroatoms. The minimum atomic E-state index is -4.89. The second-order valence-electron chi connectivity index (χ2n) is 8.17. The molecule has 0 aliphatic rings. The van der Waals surface area contributed by atoms with Crippen LogP contribution < -0.4 is 22.4 Å². The molecule has 9 nitrogen and oxygen atoms in total. The topological polar surface area (TPSA) is 170 Å². The van der Waals surface area contributed by atoms with Gasteiger partial charge in [-0.1, -0.05) is 12.1 Å². The molecule has 8 N–H and O–H groups in total. The van der Waals surface area contributed by atoms with Gasteiger partial charge in [0.25, 0.3) is 5.91 Å². The molecule has 194 valence electrons. The van der Waals surface area contributed by atoms with E-state index in [1.54, 1.807) is 0 Å². The van der Waals surface area contributed by atoms with E-state index in [1.165, 1.54) is 0 Å². The molecule has 0 radical (unpaired) electrons. The predicted molar refractivity (Wildman–Crippen MR) is 123 cm³/mol. The number of unbranched alkanes of at least 4 members (excludes halogenated alkanes) is 1. The second kappa shape index (κ2) is 12.3. The van der Waals surface area contributed by atoms with E-state index in [4.69, 9.17) is 11.5 Å². The van der Waals surface area contributed by atoms with E-state index >= 15 is 0 Å². The Bertz CT molecular complexity index is 1090. The van der Waals surface area contributed by atoms with Crippen LogP contribution in [0.25, 0.3) is 0 Å². The van der Waals surface area contributed by atoms with Crippen molar-refractivity contribution in [3.8, 4) is 0 Å². The quantitative estimate of drug-likeness (QED) is 0.125.